The van der Waals surface area contributed by atoms with Crippen molar-refractivity contribution in [3.63, 3.8) is 0 Å². The molecule has 2 heterocycles. The Hall–Kier alpha value is -1.58. The molecule has 4 heteroatoms. The van der Waals surface area contributed by atoms with Crippen LogP contribution in [-0.4, -0.2) is 19.7 Å². The van der Waals surface area contributed by atoms with Gasteiger partial charge in [-0.2, -0.15) is 5.10 Å². The summed E-state index contributed by atoms with van der Waals surface area (Å²) in [5, 5.41) is 16.5. The van der Waals surface area contributed by atoms with E-state index >= 15 is 0 Å². The van der Waals surface area contributed by atoms with E-state index < -0.39 is 0 Å². The molecular weight excluding hydrogens is 130 g/mol. The summed E-state index contributed by atoms with van der Waals surface area (Å²) in [5.74, 6) is 0.185. The second-order valence-electron chi connectivity index (χ2n) is 1.93. The number of nitrogens with zero attached hydrogens (tertiary/aromatic N) is 3. The molecule has 0 amide bonds. The highest BCUT2D eigenvalue weighted by atomic mass is 16.3. The van der Waals surface area contributed by atoms with E-state index in [2.05, 4.69) is 10.2 Å². The lowest BCUT2D eigenvalue weighted by atomic mass is 10.6. The Morgan fingerprint density at radius 3 is 3.10 bits per heavy atom. The normalized spacial score (nSPS) is 10.4. The summed E-state index contributed by atoms with van der Waals surface area (Å²) in [6, 6.07) is 3.27. The van der Waals surface area contributed by atoms with Crippen LogP contribution in [0.1, 0.15) is 0 Å². The topological polar surface area (TPSA) is 50.4 Å². The van der Waals surface area contributed by atoms with Crippen LogP contribution in [0.2, 0.25) is 0 Å². The van der Waals surface area contributed by atoms with Crippen LogP contribution in [-0.2, 0) is 0 Å². The van der Waals surface area contributed by atoms with Crippen LogP contribution in [0.15, 0.2) is 24.5 Å². The van der Waals surface area contributed by atoms with Crippen molar-refractivity contribution < 1.29 is 5.11 Å². The summed E-state index contributed by atoms with van der Waals surface area (Å²) in [6.07, 6.45) is 3.17. The molecule has 2 rings (SSSR count). The van der Waals surface area contributed by atoms with E-state index in [9.17, 15) is 0 Å². The molecule has 10 heavy (non-hydrogen) atoms. The number of hydrogen-bond acceptors (Lipinski definition) is 3. The molecule has 0 bridgehead atoms. The fraction of sp³-hybridized carbons (Fsp3) is 0. The predicted molar refractivity (Wildman–Crippen MR) is 34.7 cm³/mol. The fourth-order valence-electron chi connectivity index (χ4n) is 0.850. The van der Waals surface area contributed by atoms with E-state index in [4.69, 9.17) is 5.11 Å². The minimum absolute atomic E-state index is 0.185. The van der Waals surface area contributed by atoms with Crippen LogP contribution in [0.4, 0.5) is 0 Å². The molecule has 0 aliphatic rings. The van der Waals surface area contributed by atoms with Crippen molar-refractivity contribution in [2.45, 2.75) is 0 Å². The van der Waals surface area contributed by atoms with Crippen LogP contribution in [0.5, 0.6) is 5.88 Å². The van der Waals surface area contributed by atoms with Gasteiger partial charge in [0.25, 0.3) is 0 Å². The number of hydrogen-bond donors (Lipinski definition) is 1. The highest BCUT2D eigenvalue weighted by Crippen LogP contribution is 2.10. The SMILES string of the molecule is Oc1ccc2nnccn12. The second kappa shape index (κ2) is 1.70. The third kappa shape index (κ3) is 0.556. The van der Waals surface area contributed by atoms with Gasteiger partial charge in [0.1, 0.15) is 0 Å². The largest absolute Gasteiger partial charge is 0.494 e. The van der Waals surface area contributed by atoms with Crippen molar-refractivity contribution in [1.29, 1.82) is 0 Å². The lowest BCUT2D eigenvalue weighted by Crippen LogP contribution is -1.87. The first-order valence-corrected chi connectivity index (χ1v) is 2.85. The van der Waals surface area contributed by atoms with Crippen LogP contribution in [0, 0.1) is 0 Å². The number of aromatic nitrogens is 3. The van der Waals surface area contributed by atoms with E-state index in [1.165, 1.54) is 6.20 Å². The first-order valence-electron chi connectivity index (χ1n) is 2.85. The van der Waals surface area contributed by atoms with Crippen molar-refractivity contribution in [2.24, 2.45) is 0 Å². The molecule has 0 saturated carbocycles. The molecule has 0 fully saturated rings. The van der Waals surface area contributed by atoms with E-state index in [-0.39, 0.29) is 5.88 Å². The maximum atomic E-state index is 9.11. The van der Waals surface area contributed by atoms with Gasteiger partial charge < -0.3 is 5.11 Å². The average Bonchev–Trinajstić information content (AvgIpc) is 2.34. The molecule has 0 aliphatic carbocycles. The average molecular weight is 135 g/mol. The molecular formula is C6H5N3O. The Balaban J connectivity index is 2.93. The molecule has 1 N–H and O–H groups in total. The molecule has 0 atom stereocenters. The molecule has 0 aliphatic heterocycles. The fourth-order valence-corrected chi connectivity index (χ4v) is 0.850. The van der Waals surface area contributed by atoms with Gasteiger partial charge in [-0.05, 0) is 6.07 Å². The van der Waals surface area contributed by atoms with Crippen molar-refractivity contribution in [3.05, 3.63) is 24.5 Å². The van der Waals surface area contributed by atoms with Crippen molar-refractivity contribution in [3.8, 4) is 5.88 Å². The number of fused-ring (bicyclic) bond motifs is 1. The first kappa shape index (κ1) is 5.22. The third-order valence-electron chi connectivity index (χ3n) is 1.32. The van der Waals surface area contributed by atoms with E-state index in [1.807, 2.05) is 0 Å². The van der Waals surface area contributed by atoms with Gasteiger partial charge in [0.2, 0.25) is 0 Å². The minimum Gasteiger partial charge on any atom is -0.494 e. The zero-order chi connectivity index (χ0) is 6.97. The smallest absolute Gasteiger partial charge is 0.196 e. The molecule has 0 aromatic carbocycles. The Kier molecular flexibility index (Phi) is 0.887. The quantitative estimate of drug-likeness (QED) is 0.570. The van der Waals surface area contributed by atoms with Gasteiger partial charge in [-0.25, -0.2) is 0 Å². The van der Waals surface area contributed by atoms with E-state index in [1.54, 1.807) is 22.7 Å². The summed E-state index contributed by atoms with van der Waals surface area (Å²) in [6.45, 7) is 0. The third-order valence-corrected chi connectivity index (χ3v) is 1.32. The van der Waals surface area contributed by atoms with Crippen molar-refractivity contribution >= 4 is 5.65 Å². The van der Waals surface area contributed by atoms with Crippen molar-refractivity contribution in [2.75, 3.05) is 0 Å². The lowest BCUT2D eigenvalue weighted by Gasteiger charge is -1.90. The lowest BCUT2D eigenvalue weighted by molar-refractivity contribution is 0.448. The van der Waals surface area contributed by atoms with Gasteiger partial charge in [0.15, 0.2) is 11.5 Å². The van der Waals surface area contributed by atoms with Crippen LogP contribution in [0.3, 0.4) is 0 Å². The van der Waals surface area contributed by atoms with Crippen molar-refractivity contribution in [1.82, 2.24) is 14.6 Å². The molecule has 4 nitrogen and oxygen atoms in total. The zero-order valence-electron chi connectivity index (χ0n) is 5.10. The second-order valence-corrected chi connectivity index (χ2v) is 1.93. The summed E-state index contributed by atoms with van der Waals surface area (Å²) in [4.78, 5) is 0. The van der Waals surface area contributed by atoms with Gasteiger partial charge in [-0.1, -0.05) is 0 Å². The molecule has 0 spiro atoms. The van der Waals surface area contributed by atoms with E-state index in [0.29, 0.717) is 5.65 Å². The maximum absolute atomic E-state index is 9.11. The van der Waals surface area contributed by atoms with Gasteiger partial charge in [0.05, 0.1) is 6.20 Å². The van der Waals surface area contributed by atoms with Gasteiger partial charge >= 0.3 is 0 Å². The Morgan fingerprint density at radius 2 is 2.30 bits per heavy atom. The predicted octanol–water partition coefficient (Wildman–Crippen LogP) is 0.435. The Bertz CT molecular complexity index is 355. The summed E-state index contributed by atoms with van der Waals surface area (Å²) in [7, 11) is 0. The van der Waals surface area contributed by atoms with Gasteiger partial charge in [-0.15, -0.1) is 5.10 Å². The Morgan fingerprint density at radius 1 is 1.40 bits per heavy atom. The standard InChI is InChI=1S/C6H5N3O/c10-6-2-1-5-8-7-3-4-9(5)6/h1-4,10H. The first-order chi connectivity index (χ1) is 4.88. The maximum Gasteiger partial charge on any atom is 0.196 e. The monoisotopic (exact) mass is 135 g/mol. The highest BCUT2D eigenvalue weighted by Gasteiger charge is 1.96. The molecule has 2 aromatic heterocycles. The molecule has 0 unspecified atom stereocenters. The number of aromatic hydroxyl groups is 1. The molecule has 50 valence electrons. The summed E-state index contributed by atoms with van der Waals surface area (Å²) < 4.78 is 1.55. The van der Waals surface area contributed by atoms with Crippen LogP contribution >= 0.6 is 0 Å². The zero-order valence-corrected chi connectivity index (χ0v) is 5.10. The van der Waals surface area contributed by atoms with Crippen LogP contribution < -0.4 is 0 Å². The summed E-state index contributed by atoms with van der Waals surface area (Å²) in [5.41, 5.74) is 0.653. The van der Waals surface area contributed by atoms with Gasteiger partial charge in [-0.3, -0.25) is 4.40 Å². The molecule has 0 radical (unpaired) electrons. The van der Waals surface area contributed by atoms with Gasteiger partial charge in [0, 0.05) is 12.3 Å². The minimum atomic E-state index is 0.185. The van der Waals surface area contributed by atoms with Crippen LogP contribution in [0.25, 0.3) is 5.65 Å². The molecule has 2 aromatic rings. The highest BCUT2D eigenvalue weighted by molar-refractivity contribution is 5.41. The summed E-state index contributed by atoms with van der Waals surface area (Å²) >= 11 is 0. The Labute approximate surface area is 56.8 Å². The number of rotatable bonds is 0. The molecule has 0 saturated heterocycles. The van der Waals surface area contributed by atoms with E-state index in [0.717, 1.165) is 0 Å².